The summed E-state index contributed by atoms with van der Waals surface area (Å²) in [7, 11) is 1.82. The number of amides is 1. The van der Waals surface area contributed by atoms with Crippen LogP contribution < -0.4 is 10.6 Å². The van der Waals surface area contributed by atoms with Gasteiger partial charge in [-0.1, -0.05) is 31.2 Å². The molecule has 0 aromatic heterocycles. The standard InChI is InChI=1S/C14H20N2O2/c1-9(8-15-2)14(18)16-13-11-6-4-3-5-10(11)7-12(13)17/h3-6,9,12-13,15,17H,7-8H2,1-2H3,(H,16,18)/t9?,12-,13+/m1/s1. The summed E-state index contributed by atoms with van der Waals surface area (Å²) in [6.45, 7) is 2.51. The Hall–Kier alpha value is -1.39. The van der Waals surface area contributed by atoms with Crippen molar-refractivity contribution in [2.24, 2.45) is 5.92 Å². The van der Waals surface area contributed by atoms with Crippen molar-refractivity contribution in [1.82, 2.24) is 10.6 Å². The van der Waals surface area contributed by atoms with E-state index in [2.05, 4.69) is 10.6 Å². The molecule has 1 aromatic rings. The molecule has 4 nitrogen and oxygen atoms in total. The van der Waals surface area contributed by atoms with Gasteiger partial charge in [0.05, 0.1) is 12.1 Å². The van der Waals surface area contributed by atoms with Crippen LogP contribution in [0, 0.1) is 5.92 Å². The van der Waals surface area contributed by atoms with Gasteiger partial charge in [0.15, 0.2) is 0 Å². The van der Waals surface area contributed by atoms with Crippen LogP contribution in [0.25, 0.3) is 0 Å². The van der Waals surface area contributed by atoms with Crippen LogP contribution >= 0.6 is 0 Å². The monoisotopic (exact) mass is 248 g/mol. The van der Waals surface area contributed by atoms with Gasteiger partial charge in [-0.2, -0.15) is 0 Å². The normalized spacial score (nSPS) is 23.5. The molecule has 3 N–H and O–H groups in total. The molecule has 0 saturated heterocycles. The Balaban J connectivity index is 2.08. The molecule has 0 bridgehead atoms. The third-order valence-electron chi connectivity index (χ3n) is 3.46. The van der Waals surface area contributed by atoms with Crippen molar-refractivity contribution < 1.29 is 9.90 Å². The molecule has 1 aliphatic rings. The van der Waals surface area contributed by atoms with E-state index in [1.54, 1.807) is 0 Å². The molecule has 4 heteroatoms. The predicted molar refractivity (Wildman–Crippen MR) is 70.1 cm³/mol. The fraction of sp³-hybridized carbons (Fsp3) is 0.500. The highest BCUT2D eigenvalue weighted by Crippen LogP contribution is 2.31. The SMILES string of the molecule is CNCC(C)C(=O)N[C@H]1c2ccccc2C[C@H]1O. The number of carbonyl (C=O) groups is 1. The molecule has 0 spiro atoms. The molecule has 3 atom stereocenters. The molecular formula is C14H20N2O2. The van der Waals surface area contributed by atoms with Gasteiger partial charge in [0.2, 0.25) is 5.91 Å². The maximum absolute atomic E-state index is 12.0. The minimum absolute atomic E-state index is 0.0231. The van der Waals surface area contributed by atoms with Crippen LogP contribution in [0.2, 0.25) is 0 Å². The van der Waals surface area contributed by atoms with Crippen LogP contribution in [0.15, 0.2) is 24.3 Å². The summed E-state index contributed by atoms with van der Waals surface area (Å²) in [5.41, 5.74) is 2.16. The van der Waals surface area contributed by atoms with Crippen molar-refractivity contribution in [2.45, 2.75) is 25.5 Å². The Bertz CT molecular complexity index is 434. The number of hydrogen-bond donors (Lipinski definition) is 3. The summed E-state index contributed by atoms with van der Waals surface area (Å²) in [6, 6.07) is 7.60. The quantitative estimate of drug-likeness (QED) is 0.732. The van der Waals surface area contributed by atoms with E-state index in [-0.39, 0.29) is 17.9 Å². The van der Waals surface area contributed by atoms with Crippen LogP contribution in [-0.2, 0) is 11.2 Å². The molecule has 2 rings (SSSR count). The van der Waals surface area contributed by atoms with Gasteiger partial charge in [-0.05, 0) is 18.2 Å². The molecule has 18 heavy (non-hydrogen) atoms. The lowest BCUT2D eigenvalue weighted by Crippen LogP contribution is -2.39. The summed E-state index contributed by atoms with van der Waals surface area (Å²) in [4.78, 5) is 12.0. The van der Waals surface area contributed by atoms with Gasteiger partial charge >= 0.3 is 0 Å². The van der Waals surface area contributed by atoms with Crippen molar-refractivity contribution in [1.29, 1.82) is 0 Å². The number of aliphatic hydroxyl groups is 1. The van der Waals surface area contributed by atoms with Crippen molar-refractivity contribution in [3.8, 4) is 0 Å². The van der Waals surface area contributed by atoms with Gasteiger partial charge in [-0.25, -0.2) is 0 Å². The first-order chi connectivity index (χ1) is 8.63. The van der Waals surface area contributed by atoms with Crippen LogP contribution in [-0.4, -0.2) is 30.7 Å². The Morgan fingerprint density at radius 3 is 2.94 bits per heavy atom. The van der Waals surface area contributed by atoms with Gasteiger partial charge in [-0.3, -0.25) is 4.79 Å². The summed E-state index contributed by atoms with van der Waals surface area (Å²) in [5, 5.41) is 16.0. The third-order valence-corrected chi connectivity index (χ3v) is 3.46. The predicted octanol–water partition coefficient (Wildman–Crippen LogP) is 0.616. The molecule has 0 heterocycles. The number of nitrogens with one attached hydrogen (secondary N) is 2. The first-order valence-electron chi connectivity index (χ1n) is 6.34. The van der Waals surface area contributed by atoms with Crippen LogP contribution in [0.3, 0.4) is 0 Å². The third kappa shape index (κ3) is 2.54. The largest absolute Gasteiger partial charge is 0.390 e. The lowest BCUT2D eigenvalue weighted by Gasteiger charge is -2.20. The molecule has 1 aromatic carbocycles. The summed E-state index contributed by atoms with van der Waals surface area (Å²) < 4.78 is 0. The number of carbonyl (C=O) groups excluding carboxylic acids is 1. The first-order valence-corrected chi connectivity index (χ1v) is 6.34. The van der Waals surface area contributed by atoms with Crippen molar-refractivity contribution >= 4 is 5.91 Å². The van der Waals surface area contributed by atoms with E-state index >= 15 is 0 Å². The van der Waals surface area contributed by atoms with E-state index in [1.165, 1.54) is 0 Å². The summed E-state index contributed by atoms with van der Waals surface area (Å²) in [6.07, 6.45) is 0.0924. The lowest BCUT2D eigenvalue weighted by atomic mass is 10.1. The zero-order valence-corrected chi connectivity index (χ0v) is 10.8. The number of hydrogen-bond acceptors (Lipinski definition) is 3. The van der Waals surface area contributed by atoms with E-state index in [1.807, 2.05) is 38.2 Å². The minimum atomic E-state index is -0.520. The van der Waals surface area contributed by atoms with Crippen LogP contribution in [0.4, 0.5) is 0 Å². The van der Waals surface area contributed by atoms with Gasteiger partial charge in [0.1, 0.15) is 0 Å². The van der Waals surface area contributed by atoms with Gasteiger partial charge in [0.25, 0.3) is 0 Å². The zero-order chi connectivity index (χ0) is 13.1. The molecule has 98 valence electrons. The number of benzene rings is 1. The maximum Gasteiger partial charge on any atom is 0.224 e. The second-order valence-corrected chi connectivity index (χ2v) is 4.92. The molecule has 0 saturated carbocycles. The molecule has 0 aliphatic heterocycles. The summed E-state index contributed by atoms with van der Waals surface area (Å²) in [5.74, 6) is -0.125. The number of aliphatic hydroxyl groups excluding tert-OH is 1. The van der Waals surface area contributed by atoms with Crippen molar-refractivity contribution in [3.63, 3.8) is 0 Å². The fourth-order valence-electron chi connectivity index (χ4n) is 2.44. The van der Waals surface area contributed by atoms with E-state index in [9.17, 15) is 9.90 Å². The maximum atomic E-state index is 12.0. The topological polar surface area (TPSA) is 61.4 Å². The lowest BCUT2D eigenvalue weighted by molar-refractivity contribution is -0.125. The Morgan fingerprint density at radius 2 is 2.22 bits per heavy atom. The molecule has 1 unspecified atom stereocenters. The van der Waals surface area contributed by atoms with E-state index in [0.717, 1.165) is 11.1 Å². The highest BCUT2D eigenvalue weighted by molar-refractivity contribution is 5.79. The smallest absolute Gasteiger partial charge is 0.224 e. The minimum Gasteiger partial charge on any atom is -0.390 e. The average Bonchev–Trinajstić information content (AvgIpc) is 2.66. The molecular weight excluding hydrogens is 228 g/mol. The number of rotatable bonds is 4. The van der Waals surface area contributed by atoms with E-state index in [4.69, 9.17) is 0 Å². The molecule has 0 fully saturated rings. The van der Waals surface area contributed by atoms with Crippen LogP contribution in [0.5, 0.6) is 0 Å². The zero-order valence-electron chi connectivity index (χ0n) is 10.8. The Labute approximate surface area is 107 Å². The molecule has 0 radical (unpaired) electrons. The van der Waals surface area contributed by atoms with Gasteiger partial charge in [0, 0.05) is 18.9 Å². The second-order valence-electron chi connectivity index (χ2n) is 4.92. The average molecular weight is 248 g/mol. The van der Waals surface area contributed by atoms with E-state index in [0.29, 0.717) is 13.0 Å². The highest BCUT2D eigenvalue weighted by Gasteiger charge is 2.32. The molecule has 1 amide bonds. The Morgan fingerprint density at radius 1 is 1.50 bits per heavy atom. The highest BCUT2D eigenvalue weighted by atomic mass is 16.3. The van der Waals surface area contributed by atoms with E-state index < -0.39 is 6.10 Å². The molecule has 1 aliphatic carbocycles. The first kappa shape index (κ1) is 13.1. The fourth-order valence-corrected chi connectivity index (χ4v) is 2.44. The van der Waals surface area contributed by atoms with Crippen molar-refractivity contribution in [3.05, 3.63) is 35.4 Å². The van der Waals surface area contributed by atoms with Gasteiger partial charge < -0.3 is 15.7 Å². The second kappa shape index (κ2) is 5.50. The number of fused-ring (bicyclic) bond motifs is 1. The Kier molecular flexibility index (Phi) is 3.99. The van der Waals surface area contributed by atoms with Gasteiger partial charge in [-0.15, -0.1) is 0 Å². The van der Waals surface area contributed by atoms with Crippen LogP contribution in [0.1, 0.15) is 24.1 Å². The summed E-state index contributed by atoms with van der Waals surface area (Å²) >= 11 is 0. The van der Waals surface area contributed by atoms with Crippen molar-refractivity contribution in [2.75, 3.05) is 13.6 Å².